The predicted octanol–water partition coefficient (Wildman–Crippen LogP) is 1.17. The second-order valence-corrected chi connectivity index (χ2v) is 4.04. The molecule has 0 aliphatic rings. The molecule has 3 N–H and O–H groups in total. The van der Waals surface area contributed by atoms with Crippen LogP contribution >= 0.6 is 12.2 Å². The van der Waals surface area contributed by atoms with Crippen LogP contribution in [0.2, 0.25) is 0 Å². The Morgan fingerprint density at radius 1 is 1.62 bits per heavy atom. The van der Waals surface area contributed by atoms with E-state index in [-0.39, 0.29) is 11.7 Å². The lowest BCUT2D eigenvalue weighted by molar-refractivity contribution is 0.0916. The predicted molar refractivity (Wildman–Crippen MR) is 64.2 cm³/mol. The fourth-order valence-corrected chi connectivity index (χ4v) is 1.33. The van der Waals surface area contributed by atoms with Gasteiger partial charge in [0, 0.05) is 12.6 Å². The molecule has 0 saturated carbocycles. The van der Waals surface area contributed by atoms with E-state index in [9.17, 15) is 4.79 Å². The van der Waals surface area contributed by atoms with Gasteiger partial charge < -0.3 is 15.6 Å². The molecule has 0 aliphatic carbocycles. The molecule has 0 bridgehead atoms. The van der Waals surface area contributed by atoms with Gasteiger partial charge in [0.1, 0.15) is 0 Å². The quantitative estimate of drug-likeness (QED) is 0.577. The Bertz CT molecular complexity index is 376. The van der Waals surface area contributed by atoms with Gasteiger partial charge >= 0.3 is 0 Å². The molecule has 6 heteroatoms. The van der Waals surface area contributed by atoms with Crippen LogP contribution < -0.4 is 11.1 Å². The Kier molecular flexibility index (Phi) is 4.91. The fraction of sp³-hybridized carbons (Fsp3) is 0.500. The van der Waals surface area contributed by atoms with E-state index in [1.165, 1.54) is 0 Å². The summed E-state index contributed by atoms with van der Waals surface area (Å²) in [5.74, 6) is 0.00257. The molecule has 0 aliphatic heterocycles. The number of thiocarbonyl (C=S) groups is 1. The number of nitrogens with two attached hydrogens (primary N) is 1. The second-order valence-electron chi connectivity index (χ2n) is 3.51. The molecule has 0 radical (unpaired) electrons. The number of hydrogen-bond donors (Lipinski definition) is 2. The normalized spacial score (nSPS) is 10.1. The van der Waals surface area contributed by atoms with Gasteiger partial charge in [-0.3, -0.25) is 4.79 Å². The average Bonchev–Trinajstić information content (AvgIpc) is 2.63. The van der Waals surface area contributed by atoms with Crippen LogP contribution in [0.1, 0.15) is 35.5 Å². The molecule has 1 aromatic rings. The number of unbranched alkanes of at least 4 members (excludes halogenated alkanes) is 1. The molecule has 5 nitrogen and oxygen atoms in total. The van der Waals surface area contributed by atoms with Crippen molar-refractivity contribution in [1.82, 2.24) is 10.5 Å². The van der Waals surface area contributed by atoms with Crippen molar-refractivity contribution >= 4 is 23.1 Å². The number of nitrogens with one attached hydrogen (secondary N) is 1. The highest BCUT2D eigenvalue weighted by atomic mass is 32.1. The lowest BCUT2D eigenvalue weighted by Gasteiger charge is -2.01. The zero-order chi connectivity index (χ0) is 12.0. The van der Waals surface area contributed by atoms with Crippen molar-refractivity contribution in [3.63, 3.8) is 0 Å². The second kappa shape index (κ2) is 6.22. The third kappa shape index (κ3) is 4.39. The van der Waals surface area contributed by atoms with Gasteiger partial charge in [0.25, 0.3) is 5.91 Å². The minimum atomic E-state index is -0.240. The number of amides is 1. The van der Waals surface area contributed by atoms with E-state index in [2.05, 4.69) is 10.5 Å². The van der Waals surface area contributed by atoms with E-state index in [1.807, 2.05) is 0 Å². The van der Waals surface area contributed by atoms with Crippen molar-refractivity contribution in [1.29, 1.82) is 0 Å². The molecule has 1 aromatic heterocycles. The Hall–Kier alpha value is -1.43. The average molecular weight is 241 g/mol. The minimum Gasteiger partial charge on any atom is -0.393 e. The summed E-state index contributed by atoms with van der Waals surface area (Å²) in [5.41, 5.74) is 6.04. The number of carbonyl (C=O) groups excluding carboxylic acids is 1. The van der Waals surface area contributed by atoms with Crippen molar-refractivity contribution in [2.45, 2.75) is 26.2 Å². The van der Waals surface area contributed by atoms with Crippen LogP contribution in [0.3, 0.4) is 0 Å². The maximum Gasteiger partial charge on any atom is 0.289 e. The summed E-state index contributed by atoms with van der Waals surface area (Å²) in [6, 6.07) is 1.60. The number of aryl methyl sites for hydroxylation is 1. The topological polar surface area (TPSA) is 81.2 Å². The highest BCUT2D eigenvalue weighted by Gasteiger charge is 2.09. The largest absolute Gasteiger partial charge is 0.393 e. The van der Waals surface area contributed by atoms with Crippen molar-refractivity contribution in [3.05, 3.63) is 17.5 Å². The van der Waals surface area contributed by atoms with Crippen LogP contribution in [-0.4, -0.2) is 22.6 Å². The Morgan fingerprint density at radius 3 is 2.94 bits per heavy atom. The maximum absolute atomic E-state index is 11.5. The summed E-state index contributed by atoms with van der Waals surface area (Å²) in [5, 5.41) is 6.37. The van der Waals surface area contributed by atoms with Gasteiger partial charge in [0.2, 0.25) is 5.76 Å². The van der Waals surface area contributed by atoms with E-state index < -0.39 is 0 Å². The van der Waals surface area contributed by atoms with Crippen LogP contribution in [-0.2, 0) is 0 Å². The summed E-state index contributed by atoms with van der Waals surface area (Å²) < 4.78 is 4.82. The van der Waals surface area contributed by atoms with Crippen LogP contribution in [0, 0.1) is 6.92 Å². The number of rotatable bonds is 6. The third-order valence-electron chi connectivity index (χ3n) is 1.99. The molecule has 0 fully saturated rings. The molecular weight excluding hydrogens is 226 g/mol. The van der Waals surface area contributed by atoms with Crippen LogP contribution in [0.4, 0.5) is 0 Å². The number of carbonyl (C=O) groups is 1. The van der Waals surface area contributed by atoms with E-state index in [4.69, 9.17) is 22.5 Å². The minimum absolute atomic E-state index is 0.240. The first-order valence-electron chi connectivity index (χ1n) is 5.09. The number of hydrogen-bond acceptors (Lipinski definition) is 4. The zero-order valence-electron chi connectivity index (χ0n) is 9.16. The first-order valence-corrected chi connectivity index (χ1v) is 5.50. The summed E-state index contributed by atoms with van der Waals surface area (Å²) in [6.45, 7) is 2.35. The maximum atomic E-state index is 11.5. The number of nitrogens with zero attached hydrogens (tertiary/aromatic N) is 1. The lowest BCUT2D eigenvalue weighted by atomic mass is 10.2. The molecule has 1 amide bonds. The van der Waals surface area contributed by atoms with Crippen molar-refractivity contribution in [2.24, 2.45) is 5.73 Å². The lowest BCUT2D eigenvalue weighted by Crippen LogP contribution is -2.24. The summed E-state index contributed by atoms with van der Waals surface area (Å²) >= 11 is 4.74. The van der Waals surface area contributed by atoms with Gasteiger partial charge in [-0.05, 0) is 26.2 Å². The SMILES string of the molecule is Cc1cc(C(=O)NCCCCC(N)=S)on1. The third-order valence-corrected chi connectivity index (χ3v) is 2.19. The van der Waals surface area contributed by atoms with E-state index in [0.29, 0.717) is 23.6 Å². The molecule has 0 aromatic carbocycles. The molecule has 1 rings (SSSR count). The van der Waals surface area contributed by atoms with Crippen molar-refractivity contribution in [3.8, 4) is 0 Å². The highest BCUT2D eigenvalue weighted by molar-refractivity contribution is 7.80. The van der Waals surface area contributed by atoms with E-state index in [0.717, 1.165) is 12.8 Å². The molecule has 0 spiro atoms. The first-order chi connectivity index (χ1) is 7.59. The number of aromatic nitrogens is 1. The van der Waals surface area contributed by atoms with Crippen molar-refractivity contribution in [2.75, 3.05) is 6.54 Å². The summed E-state index contributed by atoms with van der Waals surface area (Å²) in [4.78, 5) is 12.0. The summed E-state index contributed by atoms with van der Waals surface area (Å²) in [7, 11) is 0. The molecule has 0 saturated heterocycles. The first kappa shape index (κ1) is 12.6. The van der Waals surface area contributed by atoms with E-state index in [1.54, 1.807) is 13.0 Å². The molecule has 1 heterocycles. The van der Waals surface area contributed by atoms with Gasteiger partial charge in [0.15, 0.2) is 0 Å². The standard InChI is InChI=1S/C10H15N3O2S/c1-7-6-8(15-13-7)10(14)12-5-3-2-4-9(11)16/h6H,2-5H2,1H3,(H2,11,16)(H,12,14). The van der Waals surface area contributed by atoms with Crippen LogP contribution in [0.25, 0.3) is 0 Å². The molecule has 0 unspecified atom stereocenters. The Balaban J connectivity index is 2.18. The smallest absolute Gasteiger partial charge is 0.289 e. The van der Waals surface area contributed by atoms with Gasteiger partial charge in [-0.15, -0.1) is 0 Å². The molecule has 16 heavy (non-hydrogen) atoms. The Labute approximate surface area is 99.4 Å². The van der Waals surface area contributed by atoms with Gasteiger partial charge in [-0.25, -0.2) is 0 Å². The highest BCUT2D eigenvalue weighted by Crippen LogP contribution is 2.01. The molecule has 0 atom stereocenters. The van der Waals surface area contributed by atoms with Crippen LogP contribution in [0.5, 0.6) is 0 Å². The van der Waals surface area contributed by atoms with Crippen molar-refractivity contribution < 1.29 is 9.32 Å². The van der Waals surface area contributed by atoms with Gasteiger partial charge in [-0.1, -0.05) is 17.4 Å². The zero-order valence-corrected chi connectivity index (χ0v) is 9.97. The van der Waals surface area contributed by atoms with Crippen LogP contribution in [0.15, 0.2) is 10.6 Å². The molecule has 88 valence electrons. The van der Waals surface area contributed by atoms with E-state index >= 15 is 0 Å². The van der Waals surface area contributed by atoms with Gasteiger partial charge in [-0.2, -0.15) is 0 Å². The van der Waals surface area contributed by atoms with Gasteiger partial charge in [0.05, 0.1) is 10.7 Å². The fourth-order valence-electron chi connectivity index (χ4n) is 1.18. The monoisotopic (exact) mass is 241 g/mol. The Morgan fingerprint density at radius 2 is 2.38 bits per heavy atom. The summed E-state index contributed by atoms with van der Waals surface area (Å²) in [6.07, 6.45) is 2.44. The molecular formula is C10H15N3O2S.